The molecule has 148 valence electrons. The molecule has 1 aliphatic rings. The number of ether oxygens (including phenoxy) is 1. The van der Waals surface area contributed by atoms with Gasteiger partial charge in [-0.25, -0.2) is 0 Å². The monoisotopic (exact) mass is 375 g/mol. The Kier molecular flexibility index (Phi) is 7.64. The lowest BCUT2D eigenvalue weighted by Gasteiger charge is -2.31. The maximum Gasteiger partial charge on any atom is 0.313 e. The SMILES string of the molecule is CCOC(=O)C1CCCN(C(=O)C(=O)Nc2ccc(N(CC)CC)cc2)C1. The quantitative estimate of drug-likeness (QED) is 0.610. The van der Waals surface area contributed by atoms with E-state index in [0.717, 1.165) is 18.8 Å². The third-order valence-electron chi connectivity index (χ3n) is 4.78. The van der Waals surface area contributed by atoms with Crippen LogP contribution in [0.5, 0.6) is 0 Å². The van der Waals surface area contributed by atoms with E-state index in [9.17, 15) is 14.4 Å². The van der Waals surface area contributed by atoms with Gasteiger partial charge in [-0.1, -0.05) is 0 Å². The zero-order valence-electron chi connectivity index (χ0n) is 16.4. The maximum atomic E-state index is 12.4. The molecule has 2 rings (SSSR count). The van der Waals surface area contributed by atoms with E-state index < -0.39 is 11.8 Å². The maximum absolute atomic E-state index is 12.4. The Labute approximate surface area is 160 Å². The number of carbonyl (C=O) groups is 3. The lowest BCUT2D eigenvalue weighted by molar-refractivity contribution is -0.153. The molecule has 1 fully saturated rings. The molecule has 7 heteroatoms. The van der Waals surface area contributed by atoms with Crippen molar-refractivity contribution >= 4 is 29.2 Å². The highest BCUT2D eigenvalue weighted by atomic mass is 16.5. The van der Waals surface area contributed by atoms with Crippen LogP contribution >= 0.6 is 0 Å². The molecule has 0 bridgehead atoms. The third kappa shape index (κ3) is 5.45. The Morgan fingerprint density at radius 2 is 1.81 bits per heavy atom. The molecule has 1 atom stereocenters. The van der Waals surface area contributed by atoms with Crippen molar-refractivity contribution in [3.8, 4) is 0 Å². The minimum atomic E-state index is -0.685. The van der Waals surface area contributed by atoms with Crippen LogP contribution in [0.2, 0.25) is 0 Å². The van der Waals surface area contributed by atoms with Crippen molar-refractivity contribution in [2.45, 2.75) is 33.6 Å². The van der Waals surface area contributed by atoms with Crippen molar-refractivity contribution < 1.29 is 19.1 Å². The second-order valence-corrected chi connectivity index (χ2v) is 6.52. The van der Waals surface area contributed by atoms with Gasteiger partial charge in [-0.2, -0.15) is 0 Å². The van der Waals surface area contributed by atoms with Crippen molar-refractivity contribution in [1.82, 2.24) is 4.90 Å². The van der Waals surface area contributed by atoms with Crippen LogP contribution in [0.1, 0.15) is 33.6 Å². The fraction of sp³-hybridized carbons (Fsp3) is 0.550. The van der Waals surface area contributed by atoms with E-state index in [-0.39, 0.29) is 18.4 Å². The normalized spacial score (nSPS) is 16.6. The second kappa shape index (κ2) is 9.94. The molecule has 0 spiro atoms. The fourth-order valence-electron chi connectivity index (χ4n) is 3.29. The van der Waals surface area contributed by atoms with Crippen LogP contribution in [0.4, 0.5) is 11.4 Å². The molecule has 1 aliphatic heterocycles. The first-order valence-corrected chi connectivity index (χ1v) is 9.62. The van der Waals surface area contributed by atoms with Crippen LogP contribution in [0, 0.1) is 5.92 Å². The standard InChI is InChI=1S/C20H29N3O4/c1-4-22(5-2)17-11-9-16(10-12-17)21-18(24)19(25)23-13-7-8-15(14-23)20(26)27-6-3/h9-12,15H,4-8,13-14H2,1-3H3,(H,21,24). The molecule has 1 N–H and O–H groups in total. The molecule has 2 amide bonds. The fourth-order valence-corrected chi connectivity index (χ4v) is 3.29. The summed E-state index contributed by atoms with van der Waals surface area (Å²) in [5.74, 6) is -1.96. The zero-order chi connectivity index (χ0) is 19.8. The van der Waals surface area contributed by atoms with E-state index in [1.165, 1.54) is 4.90 Å². The Morgan fingerprint density at radius 3 is 2.41 bits per heavy atom. The molecular formula is C20H29N3O4. The third-order valence-corrected chi connectivity index (χ3v) is 4.78. The van der Waals surface area contributed by atoms with Crippen molar-refractivity contribution in [2.24, 2.45) is 5.92 Å². The van der Waals surface area contributed by atoms with Gasteiger partial charge >= 0.3 is 17.8 Å². The molecule has 1 unspecified atom stereocenters. The predicted octanol–water partition coefficient (Wildman–Crippen LogP) is 2.27. The van der Waals surface area contributed by atoms with Crippen LogP contribution in [0.25, 0.3) is 0 Å². The number of nitrogens with one attached hydrogen (secondary N) is 1. The number of hydrogen-bond acceptors (Lipinski definition) is 5. The summed E-state index contributed by atoms with van der Waals surface area (Å²) in [7, 11) is 0. The largest absolute Gasteiger partial charge is 0.466 e. The van der Waals surface area contributed by atoms with E-state index in [4.69, 9.17) is 4.74 Å². The van der Waals surface area contributed by atoms with Gasteiger partial charge in [0.1, 0.15) is 0 Å². The Hall–Kier alpha value is -2.57. The lowest BCUT2D eigenvalue weighted by atomic mass is 9.98. The van der Waals surface area contributed by atoms with Crippen molar-refractivity contribution in [3.05, 3.63) is 24.3 Å². The number of carbonyl (C=O) groups excluding carboxylic acids is 3. The van der Waals surface area contributed by atoms with E-state index in [2.05, 4.69) is 24.1 Å². The van der Waals surface area contributed by atoms with Gasteiger partial charge < -0.3 is 19.9 Å². The number of anilines is 2. The van der Waals surface area contributed by atoms with Crippen LogP contribution in [0.15, 0.2) is 24.3 Å². The van der Waals surface area contributed by atoms with Crippen LogP contribution < -0.4 is 10.2 Å². The smallest absolute Gasteiger partial charge is 0.313 e. The Morgan fingerprint density at radius 1 is 1.15 bits per heavy atom. The highest BCUT2D eigenvalue weighted by Crippen LogP contribution is 2.20. The highest BCUT2D eigenvalue weighted by molar-refractivity contribution is 6.39. The van der Waals surface area contributed by atoms with Crippen molar-refractivity contribution in [3.63, 3.8) is 0 Å². The average Bonchev–Trinajstić information content (AvgIpc) is 2.70. The number of piperidine rings is 1. The Balaban J connectivity index is 1.95. The molecule has 0 radical (unpaired) electrons. The molecule has 0 aromatic heterocycles. The number of amides is 2. The Bertz CT molecular complexity index is 656. The first-order chi connectivity index (χ1) is 13.0. The molecular weight excluding hydrogens is 346 g/mol. The molecule has 0 aliphatic carbocycles. The molecule has 0 saturated carbocycles. The minimum Gasteiger partial charge on any atom is -0.466 e. The second-order valence-electron chi connectivity index (χ2n) is 6.52. The number of rotatable bonds is 6. The summed E-state index contributed by atoms with van der Waals surface area (Å²) in [6.07, 6.45) is 1.36. The van der Waals surface area contributed by atoms with Crippen LogP contribution in [0.3, 0.4) is 0 Å². The minimum absolute atomic E-state index is 0.228. The van der Waals surface area contributed by atoms with Gasteiger partial charge in [-0.05, 0) is 57.9 Å². The zero-order valence-corrected chi connectivity index (χ0v) is 16.4. The predicted molar refractivity (Wildman–Crippen MR) is 105 cm³/mol. The number of likely N-dealkylation sites (tertiary alicyclic amines) is 1. The van der Waals surface area contributed by atoms with E-state index in [1.54, 1.807) is 19.1 Å². The summed E-state index contributed by atoms with van der Waals surface area (Å²) in [5.41, 5.74) is 1.64. The van der Waals surface area contributed by atoms with E-state index >= 15 is 0 Å². The topological polar surface area (TPSA) is 78.9 Å². The van der Waals surface area contributed by atoms with Crippen LogP contribution in [-0.4, -0.2) is 55.5 Å². The number of hydrogen-bond donors (Lipinski definition) is 1. The van der Waals surface area contributed by atoms with Gasteiger partial charge in [-0.15, -0.1) is 0 Å². The highest BCUT2D eigenvalue weighted by Gasteiger charge is 2.32. The number of esters is 1. The molecule has 7 nitrogen and oxygen atoms in total. The van der Waals surface area contributed by atoms with E-state index in [1.807, 2.05) is 12.1 Å². The summed E-state index contributed by atoms with van der Waals surface area (Å²) in [6, 6.07) is 7.42. The van der Waals surface area contributed by atoms with E-state index in [0.29, 0.717) is 31.7 Å². The molecule has 1 aromatic carbocycles. The summed E-state index contributed by atoms with van der Waals surface area (Å²) >= 11 is 0. The van der Waals surface area contributed by atoms with Gasteiger partial charge in [0, 0.05) is 37.6 Å². The first kappa shape index (κ1) is 20.7. The number of benzene rings is 1. The molecule has 1 heterocycles. The summed E-state index contributed by atoms with van der Waals surface area (Å²) in [6.45, 7) is 8.74. The molecule has 27 heavy (non-hydrogen) atoms. The van der Waals surface area contributed by atoms with Crippen molar-refractivity contribution in [1.29, 1.82) is 0 Å². The van der Waals surface area contributed by atoms with Gasteiger partial charge in [-0.3, -0.25) is 14.4 Å². The lowest BCUT2D eigenvalue weighted by Crippen LogP contribution is -2.47. The van der Waals surface area contributed by atoms with Gasteiger partial charge in [0.05, 0.1) is 12.5 Å². The van der Waals surface area contributed by atoms with Crippen LogP contribution in [-0.2, 0) is 19.1 Å². The molecule has 1 aromatic rings. The first-order valence-electron chi connectivity index (χ1n) is 9.62. The summed E-state index contributed by atoms with van der Waals surface area (Å²) < 4.78 is 5.03. The van der Waals surface area contributed by atoms with Gasteiger partial charge in [0.15, 0.2) is 0 Å². The summed E-state index contributed by atoms with van der Waals surface area (Å²) in [4.78, 5) is 40.3. The van der Waals surface area contributed by atoms with Gasteiger partial charge in [0.2, 0.25) is 0 Å². The van der Waals surface area contributed by atoms with Crippen molar-refractivity contribution in [2.75, 3.05) is 43.0 Å². The summed E-state index contributed by atoms with van der Waals surface area (Å²) in [5, 5.41) is 2.65. The van der Waals surface area contributed by atoms with Gasteiger partial charge in [0.25, 0.3) is 0 Å². The molecule has 1 saturated heterocycles. The average molecular weight is 375 g/mol. The number of nitrogens with zero attached hydrogens (tertiary/aromatic N) is 2.